The number of hydrogen-bond donors (Lipinski definition) is 1. The number of anilines is 1. The molecule has 1 N–H and O–H groups in total. The van der Waals surface area contributed by atoms with E-state index >= 15 is 0 Å². The van der Waals surface area contributed by atoms with Crippen LogP contribution >= 0.6 is 0 Å². The van der Waals surface area contributed by atoms with Crippen LogP contribution in [0.3, 0.4) is 0 Å². The van der Waals surface area contributed by atoms with Crippen molar-refractivity contribution >= 4 is 11.7 Å². The first-order valence-corrected chi connectivity index (χ1v) is 4.99. The Kier molecular flexibility index (Phi) is 2.76. The monoisotopic (exact) mass is 207 g/mol. The van der Waals surface area contributed by atoms with Crippen molar-refractivity contribution in [2.75, 3.05) is 25.1 Å². The highest BCUT2D eigenvalue weighted by Gasteiger charge is 2.19. The van der Waals surface area contributed by atoms with Gasteiger partial charge < -0.3 is 14.8 Å². The summed E-state index contributed by atoms with van der Waals surface area (Å²) in [7, 11) is 0. The first kappa shape index (κ1) is 9.83. The van der Waals surface area contributed by atoms with E-state index in [1.807, 2.05) is 12.1 Å². The molecule has 1 heterocycles. The zero-order chi connectivity index (χ0) is 10.7. The van der Waals surface area contributed by atoms with Crippen LogP contribution in [0.15, 0.2) is 18.2 Å². The molecule has 1 aromatic carbocycles. The first-order valence-electron chi connectivity index (χ1n) is 4.99. The maximum atomic E-state index is 11.6. The highest BCUT2D eigenvalue weighted by molar-refractivity contribution is 5.95. The molecule has 4 nitrogen and oxygen atoms in total. The van der Waals surface area contributed by atoms with Gasteiger partial charge in [0, 0.05) is 6.54 Å². The van der Waals surface area contributed by atoms with Crippen molar-refractivity contribution in [1.29, 1.82) is 0 Å². The van der Waals surface area contributed by atoms with Gasteiger partial charge in [0.15, 0.2) is 5.75 Å². The third kappa shape index (κ3) is 1.88. The standard InChI is InChI=1S/C11H13NO3/c1-2-14-11(13)8-4-3-5-9-10(8)15-7-6-12-9/h3-5,12H,2,6-7H2,1H3. The minimum atomic E-state index is -0.335. The molecule has 0 atom stereocenters. The van der Waals surface area contributed by atoms with E-state index in [0.29, 0.717) is 24.5 Å². The van der Waals surface area contributed by atoms with Crippen LogP contribution < -0.4 is 10.1 Å². The lowest BCUT2D eigenvalue weighted by molar-refractivity contribution is 0.0521. The summed E-state index contributed by atoms with van der Waals surface area (Å²) in [6, 6.07) is 5.41. The highest BCUT2D eigenvalue weighted by Crippen LogP contribution is 2.31. The maximum Gasteiger partial charge on any atom is 0.341 e. The molecular formula is C11H13NO3. The number of carbonyl (C=O) groups excluding carboxylic acids is 1. The lowest BCUT2D eigenvalue weighted by atomic mass is 10.1. The van der Waals surface area contributed by atoms with Gasteiger partial charge in [0.1, 0.15) is 12.2 Å². The van der Waals surface area contributed by atoms with Crippen LogP contribution in [0.1, 0.15) is 17.3 Å². The molecule has 0 fully saturated rings. The second kappa shape index (κ2) is 4.21. The Labute approximate surface area is 88.2 Å². The fourth-order valence-electron chi connectivity index (χ4n) is 1.54. The summed E-state index contributed by atoms with van der Waals surface area (Å²) in [4.78, 5) is 11.6. The van der Waals surface area contributed by atoms with Gasteiger partial charge in [0.05, 0.1) is 12.3 Å². The third-order valence-corrected chi connectivity index (χ3v) is 2.17. The minimum Gasteiger partial charge on any atom is -0.489 e. The Hall–Kier alpha value is -1.71. The highest BCUT2D eigenvalue weighted by atomic mass is 16.5. The van der Waals surface area contributed by atoms with Crippen molar-refractivity contribution in [3.63, 3.8) is 0 Å². The van der Waals surface area contributed by atoms with Crippen LogP contribution in [0.5, 0.6) is 5.75 Å². The van der Waals surface area contributed by atoms with E-state index in [1.54, 1.807) is 13.0 Å². The number of hydrogen-bond acceptors (Lipinski definition) is 4. The molecule has 0 aliphatic carbocycles. The molecule has 15 heavy (non-hydrogen) atoms. The first-order chi connectivity index (χ1) is 7.33. The molecule has 0 amide bonds. The minimum absolute atomic E-state index is 0.335. The van der Waals surface area contributed by atoms with Gasteiger partial charge >= 0.3 is 5.97 Å². The fourth-order valence-corrected chi connectivity index (χ4v) is 1.54. The lowest BCUT2D eigenvalue weighted by Gasteiger charge is -2.20. The van der Waals surface area contributed by atoms with Crippen LogP contribution in [-0.2, 0) is 4.74 Å². The lowest BCUT2D eigenvalue weighted by Crippen LogP contribution is -2.20. The van der Waals surface area contributed by atoms with Crippen LogP contribution in [0.4, 0.5) is 5.69 Å². The van der Waals surface area contributed by atoms with Crippen molar-refractivity contribution in [2.45, 2.75) is 6.92 Å². The summed E-state index contributed by atoms with van der Waals surface area (Å²) in [5.41, 5.74) is 1.34. The van der Waals surface area contributed by atoms with Gasteiger partial charge in [-0.25, -0.2) is 4.79 Å². The molecule has 0 spiro atoms. The number of esters is 1. The van der Waals surface area contributed by atoms with Crippen LogP contribution in [-0.4, -0.2) is 25.7 Å². The summed E-state index contributed by atoms with van der Waals surface area (Å²) < 4.78 is 10.4. The van der Waals surface area contributed by atoms with Gasteiger partial charge in [-0.1, -0.05) is 6.07 Å². The van der Waals surface area contributed by atoms with E-state index in [1.165, 1.54) is 0 Å². The molecule has 0 aromatic heterocycles. The van der Waals surface area contributed by atoms with Crippen molar-refractivity contribution in [2.24, 2.45) is 0 Å². The molecule has 4 heteroatoms. The summed E-state index contributed by atoms with van der Waals surface area (Å²) >= 11 is 0. The number of fused-ring (bicyclic) bond motifs is 1. The zero-order valence-corrected chi connectivity index (χ0v) is 8.58. The maximum absolute atomic E-state index is 11.6. The molecule has 0 radical (unpaired) electrons. The van der Waals surface area contributed by atoms with Gasteiger partial charge in [-0.05, 0) is 19.1 Å². The largest absolute Gasteiger partial charge is 0.489 e. The summed E-state index contributed by atoms with van der Waals surface area (Å²) in [5.74, 6) is 0.264. The Bertz CT molecular complexity index is 376. The SMILES string of the molecule is CCOC(=O)c1cccc2c1OCCN2. The Morgan fingerprint density at radius 1 is 1.60 bits per heavy atom. The predicted octanol–water partition coefficient (Wildman–Crippen LogP) is 1.67. The van der Waals surface area contributed by atoms with E-state index in [2.05, 4.69) is 5.32 Å². The molecule has 0 saturated carbocycles. The Balaban J connectivity index is 2.34. The van der Waals surface area contributed by atoms with Crippen molar-refractivity contribution < 1.29 is 14.3 Å². The molecular weight excluding hydrogens is 194 g/mol. The van der Waals surface area contributed by atoms with E-state index in [9.17, 15) is 4.79 Å². The fraction of sp³-hybridized carbons (Fsp3) is 0.364. The van der Waals surface area contributed by atoms with E-state index in [-0.39, 0.29) is 5.97 Å². The van der Waals surface area contributed by atoms with E-state index in [0.717, 1.165) is 12.2 Å². The molecule has 0 saturated heterocycles. The normalized spacial score (nSPS) is 13.4. The van der Waals surface area contributed by atoms with Gasteiger partial charge in [-0.15, -0.1) is 0 Å². The molecule has 80 valence electrons. The average Bonchev–Trinajstić information content (AvgIpc) is 2.28. The number of rotatable bonds is 2. The molecule has 2 rings (SSSR count). The summed E-state index contributed by atoms with van der Waals surface area (Å²) in [6.45, 7) is 3.49. The van der Waals surface area contributed by atoms with E-state index < -0.39 is 0 Å². The van der Waals surface area contributed by atoms with Crippen LogP contribution in [0.25, 0.3) is 0 Å². The van der Waals surface area contributed by atoms with Gasteiger partial charge in [-0.3, -0.25) is 0 Å². The van der Waals surface area contributed by atoms with Gasteiger partial charge in [0.25, 0.3) is 0 Å². The molecule has 1 aliphatic heterocycles. The topological polar surface area (TPSA) is 47.6 Å². The molecule has 0 unspecified atom stereocenters. The van der Waals surface area contributed by atoms with Crippen molar-refractivity contribution in [3.05, 3.63) is 23.8 Å². The summed E-state index contributed by atoms with van der Waals surface area (Å²) in [6.07, 6.45) is 0. The number of para-hydroxylation sites is 1. The second-order valence-electron chi connectivity index (χ2n) is 3.18. The Morgan fingerprint density at radius 2 is 2.47 bits per heavy atom. The third-order valence-electron chi connectivity index (χ3n) is 2.17. The van der Waals surface area contributed by atoms with E-state index in [4.69, 9.17) is 9.47 Å². The predicted molar refractivity (Wildman–Crippen MR) is 56.4 cm³/mol. The van der Waals surface area contributed by atoms with Crippen molar-refractivity contribution in [1.82, 2.24) is 0 Å². The number of carbonyl (C=O) groups is 1. The average molecular weight is 207 g/mol. The number of ether oxygens (including phenoxy) is 2. The number of benzene rings is 1. The number of nitrogens with one attached hydrogen (secondary N) is 1. The molecule has 1 aromatic rings. The smallest absolute Gasteiger partial charge is 0.341 e. The molecule has 0 bridgehead atoms. The quantitative estimate of drug-likeness (QED) is 0.749. The summed E-state index contributed by atoms with van der Waals surface area (Å²) in [5, 5.41) is 3.17. The van der Waals surface area contributed by atoms with Crippen LogP contribution in [0, 0.1) is 0 Å². The van der Waals surface area contributed by atoms with Gasteiger partial charge in [0.2, 0.25) is 0 Å². The Morgan fingerprint density at radius 3 is 3.27 bits per heavy atom. The molecule has 1 aliphatic rings. The second-order valence-corrected chi connectivity index (χ2v) is 3.18. The van der Waals surface area contributed by atoms with Crippen molar-refractivity contribution in [3.8, 4) is 5.75 Å². The zero-order valence-electron chi connectivity index (χ0n) is 8.58. The van der Waals surface area contributed by atoms with Gasteiger partial charge in [-0.2, -0.15) is 0 Å². The van der Waals surface area contributed by atoms with Crippen LogP contribution in [0.2, 0.25) is 0 Å².